The zero-order valence-electron chi connectivity index (χ0n) is 9.59. The molecule has 2 nitrogen and oxygen atoms in total. The highest BCUT2D eigenvalue weighted by Gasteiger charge is 2.11. The molecule has 0 aromatic heterocycles. The van der Waals surface area contributed by atoms with E-state index in [4.69, 9.17) is 11.2 Å². The quantitative estimate of drug-likeness (QED) is 0.771. The Balaban J connectivity index is 2.93. The van der Waals surface area contributed by atoms with Crippen molar-refractivity contribution in [3.8, 4) is 18.1 Å². The molecular weight excluding hydrogens is 205 g/mol. The Bertz CT molecular complexity index is 384. The van der Waals surface area contributed by atoms with Crippen LogP contribution in [0.15, 0.2) is 18.2 Å². The first-order valence-corrected chi connectivity index (χ1v) is 5.28. The fraction of sp³-hybridized carbons (Fsp3) is 0.385. The van der Waals surface area contributed by atoms with Crippen molar-refractivity contribution in [2.24, 2.45) is 0 Å². The minimum atomic E-state index is -0.320. The zero-order chi connectivity index (χ0) is 12.0. The molecule has 1 atom stereocenters. The van der Waals surface area contributed by atoms with Gasteiger partial charge in [0.05, 0.1) is 0 Å². The third-order valence-electron chi connectivity index (χ3n) is 2.26. The summed E-state index contributed by atoms with van der Waals surface area (Å²) < 4.78 is 18.4. The molecule has 0 aliphatic carbocycles. The SMILES string of the molecule is C#CCOc1cc(F)ccc1C(C)NCC. The minimum Gasteiger partial charge on any atom is -0.481 e. The van der Waals surface area contributed by atoms with Gasteiger partial charge < -0.3 is 10.1 Å². The molecule has 86 valence electrons. The third kappa shape index (κ3) is 3.25. The van der Waals surface area contributed by atoms with Gasteiger partial charge in [0.25, 0.3) is 0 Å². The van der Waals surface area contributed by atoms with Gasteiger partial charge in [0.15, 0.2) is 0 Å². The molecule has 0 heterocycles. The van der Waals surface area contributed by atoms with E-state index < -0.39 is 0 Å². The maximum absolute atomic E-state index is 13.1. The van der Waals surface area contributed by atoms with Gasteiger partial charge in [-0.2, -0.15) is 0 Å². The molecule has 0 aliphatic heterocycles. The number of ether oxygens (including phenoxy) is 1. The lowest BCUT2D eigenvalue weighted by Crippen LogP contribution is -2.18. The number of halogens is 1. The molecule has 0 saturated carbocycles. The number of terminal acetylenes is 1. The number of hydrogen-bond acceptors (Lipinski definition) is 2. The Morgan fingerprint density at radius 1 is 1.56 bits per heavy atom. The maximum atomic E-state index is 13.1. The van der Waals surface area contributed by atoms with E-state index in [-0.39, 0.29) is 18.5 Å². The molecule has 0 spiro atoms. The van der Waals surface area contributed by atoms with Crippen molar-refractivity contribution in [1.82, 2.24) is 5.32 Å². The molecule has 0 fully saturated rings. The molecule has 3 heteroatoms. The smallest absolute Gasteiger partial charge is 0.148 e. The fourth-order valence-corrected chi connectivity index (χ4v) is 1.53. The van der Waals surface area contributed by atoms with Gasteiger partial charge in [0, 0.05) is 17.7 Å². The fourth-order valence-electron chi connectivity index (χ4n) is 1.53. The standard InChI is InChI=1S/C13H16FNO/c1-4-8-16-13-9-11(14)6-7-12(13)10(3)15-5-2/h1,6-7,9-10,15H,5,8H2,2-3H3. The zero-order valence-corrected chi connectivity index (χ0v) is 9.59. The second-order valence-electron chi connectivity index (χ2n) is 3.45. The average Bonchev–Trinajstić information content (AvgIpc) is 2.26. The van der Waals surface area contributed by atoms with Crippen LogP contribution in [0.1, 0.15) is 25.5 Å². The van der Waals surface area contributed by atoms with E-state index in [1.165, 1.54) is 12.1 Å². The van der Waals surface area contributed by atoms with Crippen LogP contribution in [0, 0.1) is 18.2 Å². The van der Waals surface area contributed by atoms with Crippen LogP contribution in [0.4, 0.5) is 4.39 Å². The van der Waals surface area contributed by atoms with Crippen LogP contribution in [0.3, 0.4) is 0 Å². The predicted octanol–water partition coefficient (Wildman–Crippen LogP) is 2.51. The normalized spacial score (nSPS) is 11.9. The van der Waals surface area contributed by atoms with Crippen LogP contribution in [0.2, 0.25) is 0 Å². The van der Waals surface area contributed by atoms with Crippen molar-refractivity contribution in [2.45, 2.75) is 19.9 Å². The molecular formula is C13H16FNO. The Labute approximate surface area is 95.8 Å². The maximum Gasteiger partial charge on any atom is 0.148 e. The third-order valence-corrected chi connectivity index (χ3v) is 2.26. The molecule has 1 rings (SSSR count). The van der Waals surface area contributed by atoms with Crippen molar-refractivity contribution in [2.75, 3.05) is 13.2 Å². The van der Waals surface area contributed by atoms with E-state index in [0.29, 0.717) is 5.75 Å². The summed E-state index contributed by atoms with van der Waals surface area (Å²) in [7, 11) is 0. The minimum absolute atomic E-state index is 0.110. The van der Waals surface area contributed by atoms with E-state index in [1.54, 1.807) is 6.07 Å². The van der Waals surface area contributed by atoms with E-state index in [1.807, 2.05) is 13.8 Å². The van der Waals surface area contributed by atoms with Gasteiger partial charge in [0.1, 0.15) is 18.2 Å². The highest BCUT2D eigenvalue weighted by molar-refractivity contribution is 5.36. The number of rotatable bonds is 5. The summed E-state index contributed by atoms with van der Waals surface area (Å²) >= 11 is 0. The number of hydrogen-bond donors (Lipinski definition) is 1. The molecule has 0 saturated heterocycles. The van der Waals surface area contributed by atoms with Crippen LogP contribution in [0.25, 0.3) is 0 Å². The lowest BCUT2D eigenvalue weighted by atomic mass is 10.1. The van der Waals surface area contributed by atoms with E-state index in [0.717, 1.165) is 12.1 Å². The van der Waals surface area contributed by atoms with Crippen molar-refractivity contribution in [1.29, 1.82) is 0 Å². The summed E-state index contributed by atoms with van der Waals surface area (Å²) in [4.78, 5) is 0. The molecule has 1 N–H and O–H groups in total. The molecule has 1 aromatic rings. The van der Waals surface area contributed by atoms with Gasteiger partial charge in [-0.05, 0) is 19.5 Å². The van der Waals surface area contributed by atoms with Crippen LogP contribution >= 0.6 is 0 Å². The number of nitrogens with one attached hydrogen (secondary N) is 1. The summed E-state index contributed by atoms with van der Waals surface area (Å²) in [6, 6.07) is 4.61. The second kappa shape index (κ2) is 6.14. The van der Waals surface area contributed by atoms with Gasteiger partial charge >= 0.3 is 0 Å². The Morgan fingerprint density at radius 2 is 2.31 bits per heavy atom. The molecule has 0 amide bonds. The summed E-state index contributed by atoms with van der Waals surface area (Å²) in [5.41, 5.74) is 0.915. The van der Waals surface area contributed by atoms with Gasteiger partial charge in [-0.1, -0.05) is 18.9 Å². The molecule has 1 aromatic carbocycles. The van der Waals surface area contributed by atoms with Gasteiger partial charge in [-0.15, -0.1) is 6.42 Å². The Hall–Kier alpha value is -1.53. The van der Waals surface area contributed by atoms with Crippen molar-refractivity contribution in [3.63, 3.8) is 0 Å². The second-order valence-corrected chi connectivity index (χ2v) is 3.45. The van der Waals surface area contributed by atoms with Crippen LogP contribution < -0.4 is 10.1 Å². The van der Waals surface area contributed by atoms with E-state index >= 15 is 0 Å². The lowest BCUT2D eigenvalue weighted by molar-refractivity contribution is 0.358. The molecule has 1 unspecified atom stereocenters. The van der Waals surface area contributed by atoms with Crippen molar-refractivity contribution >= 4 is 0 Å². The topological polar surface area (TPSA) is 21.3 Å². The molecule has 16 heavy (non-hydrogen) atoms. The summed E-state index contributed by atoms with van der Waals surface area (Å²) in [5, 5.41) is 3.24. The van der Waals surface area contributed by atoms with Gasteiger partial charge in [0.2, 0.25) is 0 Å². The summed E-state index contributed by atoms with van der Waals surface area (Å²) in [6.45, 7) is 5.00. The van der Waals surface area contributed by atoms with Crippen LogP contribution in [-0.4, -0.2) is 13.2 Å². The number of benzene rings is 1. The Kier molecular flexibility index (Phi) is 4.81. The predicted molar refractivity (Wildman–Crippen MR) is 62.8 cm³/mol. The van der Waals surface area contributed by atoms with Crippen molar-refractivity contribution in [3.05, 3.63) is 29.6 Å². The first kappa shape index (κ1) is 12.5. The first-order valence-electron chi connectivity index (χ1n) is 5.28. The highest BCUT2D eigenvalue weighted by atomic mass is 19.1. The van der Waals surface area contributed by atoms with E-state index in [9.17, 15) is 4.39 Å². The average molecular weight is 221 g/mol. The summed E-state index contributed by atoms with van der Waals surface area (Å²) in [6.07, 6.45) is 5.11. The van der Waals surface area contributed by atoms with E-state index in [2.05, 4.69) is 11.2 Å². The van der Waals surface area contributed by atoms with Crippen LogP contribution in [-0.2, 0) is 0 Å². The van der Waals surface area contributed by atoms with Gasteiger partial charge in [-0.25, -0.2) is 4.39 Å². The van der Waals surface area contributed by atoms with Crippen molar-refractivity contribution < 1.29 is 9.13 Å². The van der Waals surface area contributed by atoms with Gasteiger partial charge in [-0.3, -0.25) is 0 Å². The van der Waals surface area contributed by atoms with Crippen LogP contribution in [0.5, 0.6) is 5.75 Å². The monoisotopic (exact) mass is 221 g/mol. The molecule has 0 aliphatic rings. The Morgan fingerprint density at radius 3 is 2.94 bits per heavy atom. The lowest BCUT2D eigenvalue weighted by Gasteiger charge is -2.16. The summed E-state index contributed by atoms with van der Waals surface area (Å²) in [5.74, 6) is 2.55. The largest absolute Gasteiger partial charge is 0.481 e. The highest BCUT2D eigenvalue weighted by Crippen LogP contribution is 2.25. The molecule has 0 radical (unpaired) electrons. The first-order chi connectivity index (χ1) is 7.69. The molecule has 0 bridgehead atoms.